The average Bonchev–Trinajstić information content (AvgIpc) is 2.59. The SMILES string of the molecule is CCOP(=O)(OCC)N(C)P1(Cl)=NP(Cl)(Cl)=NP(Cl)(N(C)P(=O)(OCC)OCC)=N1. The molecule has 0 saturated carbocycles. The minimum absolute atomic E-state index is 0.0653. The third-order valence-corrected chi connectivity index (χ3v) is 23.6. The Labute approximate surface area is 197 Å². The number of hydrogen-bond acceptors (Lipinski definition) is 9. The van der Waals surface area contributed by atoms with Gasteiger partial charge in [-0.05, 0) is 72.7 Å². The summed E-state index contributed by atoms with van der Waals surface area (Å²) in [5, 5.41) is 0. The lowest BCUT2D eigenvalue weighted by atomic mass is 10.9. The van der Waals surface area contributed by atoms with Crippen LogP contribution in [0.5, 0.6) is 0 Å². The summed E-state index contributed by atoms with van der Waals surface area (Å²) in [5.41, 5.74) is 0. The maximum Gasteiger partial charge on any atom is 0.414 e. The highest BCUT2D eigenvalue weighted by Gasteiger charge is 2.49. The molecule has 0 radical (unpaired) electrons. The van der Waals surface area contributed by atoms with Crippen LogP contribution in [0, 0.1) is 0 Å². The summed E-state index contributed by atoms with van der Waals surface area (Å²) in [4.78, 5) is 0. The van der Waals surface area contributed by atoms with Gasteiger partial charge in [0.25, 0.3) is 5.91 Å². The zero-order chi connectivity index (χ0) is 23.4. The molecular formula is C10H26Cl4N5O6P5. The van der Waals surface area contributed by atoms with Gasteiger partial charge >= 0.3 is 15.5 Å². The Morgan fingerprint density at radius 2 is 0.967 bits per heavy atom. The molecule has 0 aromatic rings. The van der Waals surface area contributed by atoms with Gasteiger partial charge in [0.2, 0.25) is 13.4 Å². The zero-order valence-corrected chi connectivity index (χ0v) is 24.8. The van der Waals surface area contributed by atoms with E-state index in [-0.39, 0.29) is 26.4 Å². The number of rotatable bonds is 12. The average molecular weight is 609 g/mol. The number of halogens is 4. The fourth-order valence-corrected chi connectivity index (χ4v) is 24.8. The first-order valence-electron chi connectivity index (χ1n) is 8.65. The van der Waals surface area contributed by atoms with Crippen molar-refractivity contribution in [3.8, 4) is 0 Å². The van der Waals surface area contributed by atoms with Crippen LogP contribution in [0.1, 0.15) is 27.7 Å². The van der Waals surface area contributed by atoms with Crippen LogP contribution in [0.2, 0.25) is 0 Å². The molecule has 30 heavy (non-hydrogen) atoms. The minimum Gasteiger partial charge on any atom is -0.297 e. The smallest absolute Gasteiger partial charge is 0.297 e. The van der Waals surface area contributed by atoms with Crippen molar-refractivity contribution >= 4 is 79.8 Å². The summed E-state index contributed by atoms with van der Waals surface area (Å²) >= 11 is 26.1. The fourth-order valence-electron chi connectivity index (χ4n) is 2.04. The van der Waals surface area contributed by atoms with Gasteiger partial charge in [0.05, 0.1) is 26.4 Å². The third-order valence-electron chi connectivity index (χ3n) is 3.28. The van der Waals surface area contributed by atoms with Crippen molar-refractivity contribution in [2.24, 2.45) is 13.5 Å². The van der Waals surface area contributed by atoms with Crippen molar-refractivity contribution in [1.29, 1.82) is 0 Å². The molecule has 1 rings (SSSR count). The summed E-state index contributed by atoms with van der Waals surface area (Å²) in [6, 6.07) is 0. The van der Waals surface area contributed by atoms with E-state index in [4.69, 9.17) is 63.1 Å². The van der Waals surface area contributed by atoms with E-state index in [2.05, 4.69) is 13.5 Å². The van der Waals surface area contributed by atoms with Crippen molar-refractivity contribution < 1.29 is 27.2 Å². The number of nitrogens with zero attached hydrogens (tertiary/aromatic N) is 5. The van der Waals surface area contributed by atoms with Crippen LogP contribution in [0.4, 0.5) is 0 Å². The lowest BCUT2D eigenvalue weighted by molar-refractivity contribution is 0.197. The molecule has 180 valence electrons. The van der Waals surface area contributed by atoms with E-state index in [1.807, 2.05) is 0 Å². The molecule has 0 saturated heterocycles. The van der Waals surface area contributed by atoms with Crippen LogP contribution in [0.3, 0.4) is 0 Å². The second kappa shape index (κ2) is 11.7. The quantitative estimate of drug-likeness (QED) is 0.202. The van der Waals surface area contributed by atoms with E-state index in [1.54, 1.807) is 27.7 Å². The molecule has 0 spiro atoms. The zero-order valence-electron chi connectivity index (χ0n) is 17.3. The molecule has 1 aliphatic heterocycles. The predicted molar refractivity (Wildman–Crippen MR) is 129 cm³/mol. The monoisotopic (exact) mass is 607 g/mol. The number of hydrogen-bond donors (Lipinski definition) is 0. The first-order valence-corrected chi connectivity index (χ1v) is 20.2. The van der Waals surface area contributed by atoms with Crippen LogP contribution < -0.4 is 0 Å². The van der Waals surface area contributed by atoms with E-state index < -0.39 is 34.8 Å². The van der Waals surface area contributed by atoms with Crippen molar-refractivity contribution in [1.82, 2.24) is 8.88 Å². The molecule has 0 N–H and O–H groups in total. The molecule has 20 heteroatoms. The molecule has 2 atom stereocenters. The second-order valence-corrected chi connectivity index (χ2v) is 22.3. The van der Waals surface area contributed by atoms with Gasteiger partial charge in [0.1, 0.15) is 0 Å². The maximum absolute atomic E-state index is 13.3. The van der Waals surface area contributed by atoms with Gasteiger partial charge < -0.3 is 0 Å². The van der Waals surface area contributed by atoms with E-state index in [0.29, 0.717) is 0 Å². The Hall–Kier alpha value is 2.07. The molecular weight excluding hydrogens is 583 g/mol. The first kappa shape index (κ1) is 30.1. The van der Waals surface area contributed by atoms with E-state index in [0.717, 1.165) is 8.88 Å². The van der Waals surface area contributed by atoms with Crippen molar-refractivity contribution in [3.63, 3.8) is 0 Å². The fraction of sp³-hybridized carbons (Fsp3) is 1.00. The van der Waals surface area contributed by atoms with Crippen LogP contribution in [-0.2, 0) is 27.2 Å². The largest absolute Gasteiger partial charge is 0.414 e. The Kier molecular flexibility index (Phi) is 11.7. The van der Waals surface area contributed by atoms with E-state index in [1.165, 1.54) is 14.1 Å². The van der Waals surface area contributed by atoms with Crippen LogP contribution in [-0.4, -0.2) is 49.4 Å². The highest BCUT2D eigenvalue weighted by molar-refractivity contribution is 8.18. The van der Waals surface area contributed by atoms with Crippen LogP contribution in [0.15, 0.2) is 13.5 Å². The van der Waals surface area contributed by atoms with E-state index in [9.17, 15) is 9.13 Å². The van der Waals surface area contributed by atoms with Gasteiger partial charge in [-0.3, -0.25) is 18.1 Å². The summed E-state index contributed by atoms with van der Waals surface area (Å²) < 4.78 is 62.6. The molecule has 0 amide bonds. The van der Waals surface area contributed by atoms with Crippen LogP contribution in [0.25, 0.3) is 0 Å². The van der Waals surface area contributed by atoms with Crippen LogP contribution >= 0.6 is 79.8 Å². The molecule has 0 aliphatic carbocycles. The summed E-state index contributed by atoms with van der Waals surface area (Å²) in [5.74, 6) is -3.51. The second-order valence-electron chi connectivity index (χ2n) is 5.30. The van der Waals surface area contributed by atoms with Gasteiger partial charge in [-0.25, -0.2) is 9.13 Å². The molecule has 1 aliphatic rings. The third kappa shape index (κ3) is 7.04. The highest BCUT2D eigenvalue weighted by Crippen LogP contribution is 2.90. The standard InChI is InChI=1S/C10H26Cl4N5O6P5/c1-7-22-29(20,23-8-2)18(5)27(13)15-26(11,12)16-28(14,17-27)19(6)30(21,24-9-3)25-10-4/h7-10H2,1-6H3. The van der Waals surface area contributed by atoms with Crippen molar-refractivity contribution in [2.75, 3.05) is 40.5 Å². The van der Waals surface area contributed by atoms with Gasteiger partial charge in [-0.2, -0.15) is 13.5 Å². The molecule has 0 fully saturated rings. The van der Waals surface area contributed by atoms with Gasteiger partial charge in [0.15, 0.2) is 0 Å². The Balaban J connectivity index is 3.71. The Morgan fingerprint density at radius 3 is 1.27 bits per heavy atom. The molecule has 0 aromatic carbocycles. The lowest BCUT2D eigenvalue weighted by Gasteiger charge is -2.37. The minimum atomic E-state index is -3.92. The highest BCUT2D eigenvalue weighted by atomic mass is 35.9. The summed E-state index contributed by atoms with van der Waals surface area (Å²) in [7, 11) is -5.14. The van der Waals surface area contributed by atoms with Gasteiger partial charge in [-0.1, -0.05) is 0 Å². The lowest BCUT2D eigenvalue weighted by Crippen LogP contribution is -2.16. The van der Waals surface area contributed by atoms with E-state index >= 15 is 0 Å². The Morgan fingerprint density at radius 1 is 0.667 bits per heavy atom. The summed E-state index contributed by atoms with van der Waals surface area (Å²) in [6.07, 6.45) is 0. The first-order chi connectivity index (χ1) is 13.7. The molecule has 1 heterocycles. The van der Waals surface area contributed by atoms with Crippen molar-refractivity contribution in [2.45, 2.75) is 27.7 Å². The van der Waals surface area contributed by atoms with Gasteiger partial charge in [0, 0.05) is 14.1 Å². The van der Waals surface area contributed by atoms with Crippen molar-refractivity contribution in [3.05, 3.63) is 0 Å². The molecule has 0 aromatic heterocycles. The molecule has 11 nitrogen and oxygen atoms in total. The normalized spacial score (nSPS) is 26.9. The molecule has 0 bridgehead atoms. The topological polar surface area (TPSA) is 115 Å². The summed E-state index contributed by atoms with van der Waals surface area (Å²) in [6.45, 7) is -0.520. The molecule has 2 unspecified atom stereocenters. The Bertz CT molecular complexity index is 822. The predicted octanol–water partition coefficient (Wildman–Crippen LogP) is 9.02. The van der Waals surface area contributed by atoms with Gasteiger partial charge in [-0.15, -0.1) is 8.88 Å². The maximum atomic E-state index is 13.3.